The highest BCUT2D eigenvalue weighted by Gasteiger charge is 2.12. The summed E-state index contributed by atoms with van der Waals surface area (Å²) in [6.45, 7) is 3.85. The molecule has 0 bridgehead atoms. The van der Waals surface area contributed by atoms with Crippen LogP contribution in [0.2, 0.25) is 0 Å². The molecule has 0 aliphatic carbocycles. The first-order chi connectivity index (χ1) is 14.8. The molecule has 150 valence electrons. The number of para-hydroxylation sites is 1. The van der Waals surface area contributed by atoms with E-state index in [2.05, 4.69) is 25.5 Å². The highest BCUT2D eigenvalue weighted by molar-refractivity contribution is 5.93. The zero-order valence-corrected chi connectivity index (χ0v) is 16.3. The molecule has 7 heteroatoms. The summed E-state index contributed by atoms with van der Waals surface area (Å²) in [5, 5.41) is 7.47. The molecule has 30 heavy (non-hydrogen) atoms. The van der Waals surface area contributed by atoms with Gasteiger partial charge in [-0.1, -0.05) is 30.3 Å². The van der Waals surface area contributed by atoms with Gasteiger partial charge in [-0.3, -0.25) is 0 Å². The Morgan fingerprint density at radius 2 is 1.80 bits per heavy atom. The molecule has 1 aliphatic heterocycles. The molecule has 0 atom stereocenters. The van der Waals surface area contributed by atoms with Gasteiger partial charge >= 0.3 is 0 Å². The Morgan fingerprint density at radius 3 is 2.60 bits per heavy atom. The third kappa shape index (κ3) is 3.79. The average molecular weight is 400 g/mol. The molecule has 4 aromatic rings. The molecular formula is C23H21FN6. The van der Waals surface area contributed by atoms with Crippen LogP contribution in [0.15, 0.2) is 67.0 Å². The number of hydrogen-bond donors (Lipinski definition) is 2. The lowest BCUT2D eigenvalue weighted by Gasteiger charge is -2.28. The van der Waals surface area contributed by atoms with Crippen molar-refractivity contribution < 1.29 is 4.39 Å². The highest BCUT2D eigenvalue weighted by Crippen LogP contribution is 2.28. The molecule has 2 aromatic heterocycles. The van der Waals surface area contributed by atoms with Gasteiger partial charge in [0.2, 0.25) is 5.95 Å². The lowest BCUT2D eigenvalue weighted by Crippen LogP contribution is -2.43. The van der Waals surface area contributed by atoms with E-state index in [1.54, 1.807) is 18.5 Å². The second kappa shape index (κ2) is 8.04. The number of pyridine rings is 1. The molecule has 0 spiro atoms. The average Bonchev–Trinajstić information content (AvgIpc) is 2.80. The fourth-order valence-corrected chi connectivity index (χ4v) is 3.68. The van der Waals surface area contributed by atoms with Gasteiger partial charge in [-0.2, -0.15) is 0 Å². The van der Waals surface area contributed by atoms with E-state index in [0.717, 1.165) is 59.7 Å². The third-order valence-electron chi connectivity index (χ3n) is 5.19. The Morgan fingerprint density at radius 1 is 0.933 bits per heavy atom. The molecule has 0 saturated carbocycles. The van der Waals surface area contributed by atoms with Crippen molar-refractivity contribution in [1.29, 1.82) is 0 Å². The summed E-state index contributed by atoms with van der Waals surface area (Å²) in [5.74, 6) is 1.17. The van der Waals surface area contributed by atoms with Gasteiger partial charge in [0, 0.05) is 43.3 Å². The standard InChI is InChI=1S/C23H21FN6/c24-18-5-1-3-16(13-18)20-6-2-4-17-14-27-23(29-22(17)20)28-19-7-8-21(26-15-19)30-11-9-25-10-12-30/h1-8,13-15,25H,9-12H2,(H,27,28,29). The number of nitrogens with zero attached hydrogens (tertiary/aromatic N) is 4. The maximum atomic E-state index is 13.7. The molecule has 1 fully saturated rings. The topological polar surface area (TPSA) is 66.0 Å². The molecule has 1 saturated heterocycles. The normalized spacial score (nSPS) is 14.1. The van der Waals surface area contributed by atoms with Crippen LogP contribution in [0, 0.1) is 5.82 Å². The molecule has 5 rings (SSSR count). The first-order valence-corrected chi connectivity index (χ1v) is 9.97. The molecule has 6 nitrogen and oxygen atoms in total. The molecule has 0 amide bonds. The molecular weight excluding hydrogens is 379 g/mol. The van der Waals surface area contributed by atoms with Gasteiger partial charge in [-0.15, -0.1) is 0 Å². The van der Waals surface area contributed by atoms with Crippen molar-refractivity contribution in [2.75, 3.05) is 36.4 Å². The number of hydrogen-bond acceptors (Lipinski definition) is 6. The van der Waals surface area contributed by atoms with Gasteiger partial charge in [0.05, 0.1) is 17.4 Å². The number of aromatic nitrogens is 3. The number of rotatable bonds is 4. The largest absolute Gasteiger partial charge is 0.354 e. The van der Waals surface area contributed by atoms with Crippen molar-refractivity contribution in [3.63, 3.8) is 0 Å². The highest BCUT2D eigenvalue weighted by atomic mass is 19.1. The van der Waals surface area contributed by atoms with E-state index < -0.39 is 0 Å². The minimum absolute atomic E-state index is 0.271. The summed E-state index contributed by atoms with van der Waals surface area (Å²) >= 11 is 0. The van der Waals surface area contributed by atoms with Crippen LogP contribution in [0.4, 0.5) is 21.8 Å². The Kier molecular flexibility index (Phi) is 4.94. The number of piperazine rings is 1. The molecule has 0 unspecified atom stereocenters. The summed E-state index contributed by atoms with van der Waals surface area (Å²) in [5.41, 5.74) is 3.24. The van der Waals surface area contributed by atoms with E-state index in [9.17, 15) is 4.39 Å². The van der Waals surface area contributed by atoms with Gasteiger partial charge < -0.3 is 15.5 Å². The van der Waals surface area contributed by atoms with Crippen LogP contribution < -0.4 is 15.5 Å². The predicted octanol–water partition coefficient (Wildman–Crippen LogP) is 3.98. The fourth-order valence-electron chi connectivity index (χ4n) is 3.68. The number of nitrogens with one attached hydrogen (secondary N) is 2. The van der Waals surface area contributed by atoms with Gasteiger partial charge in [0.1, 0.15) is 11.6 Å². The van der Waals surface area contributed by atoms with E-state index in [4.69, 9.17) is 4.98 Å². The van der Waals surface area contributed by atoms with E-state index in [1.165, 1.54) is 12.1 Å². The second-order valence-electron chi connectivity index (χ2n) is 7.21. The van der Waals surface area contributed by atoms with Crippen molar-refractivity contribution in [3.05, 3.63) is 72.8 Å². The summed E-state index contributed by atoms with van der Waals surface area (Å²) in [6.07, 6.45) is 3.57. The van der Waals surface area contributed by atoms with E-state index >= 15 is 0 Å². The lowest BCUT2D eigenvalue weighted by atomic mass is 10.0. The van der Waals surface area contributed by atoms with Crippen molar-refractivity contribution in [2.45, 2.75) is 0 Å². The van der Waals surface area contributed by atoms with E-state index in [1.807, 2.05) is 36.4 Å². The Bertz CT molecular complexity index is 1170. The smallest absolute Gasteiger partial charge is 0.227 e. The van der Waals surface area contributed by atoms with Gasteiger partial charge in [0.15, 0.2) is 0 Å². The molecule has 0 radical (unpaired) electrons. The molecule has 2 aromatic carbocycles. The van der Waals surface area contributed by atoms with Crippen LogP contribution in [0.1, 0.15) is 0 Å². The van der Waals surface area contributed by atoms with Crippen molar-refractivity contribution >= 4 is 28.4 Å². The summed E-state index contributed by atoms with van der Waals surface area (Å²) in [6, 6.07) is 16.3. The van der Waals surface area contributed by atoms with Gasteiger partial charge in [-0.05, 0) is 29.8 Å². The Balaban J connectivity index is 1.43. The number of fused-ring (bicyclic) bond motifs is 1. The fraction of sp³-hybridized carbons (Fsp3) is 0.174. The van der Waals surface area contributed by atoms with E-state index in [-0.39, 0.29) is 5.82 Å². The van der Waals surface area contributed by atoms with Crippen molar-refractivity contribution in [1.82, 2.24) is 20.3 Å². The quantitative estimate of drug-likeness (QED) is 0.540. The predicted molar refractivity (Wildman–Crippen MR) is 118 cm³/mol. The van der Waals surface area contributed by atoms with Gasteiger partial charge in [-0.25, -0.2) is 19.3 Å². The van der Waals surface area contributed by atoms with Crippen LogP contribution in [0.25, 0.3) is 22.0 Å². The number of benzene rings is 2. The first kappa shape index (κ1) is 18.4. The summed E-state index contributed by atoms with van der Waals surface area (Å²) < 4.78 is 13.7. The summed E-state index contributed by atoms with van der Waals surface area (Å²) in [4.78, 5) is 16.0. The monoisotopic (exact) mass is 400 g/mol. The second-order valence-corrected chi connectivity index (χ2v) is 7.21. The van der Waals surface area contributed by atoms with Crippen molar-refractivity contribution in [2.24, 2.45) is 0 Å². The SMILES string of the molecule is Fc1cccc(-c2cccc3cnc(Nc4ccc(N5CCNCC5)nc4)nc23)c1. The van der Waals surface area contributed by atoms with Crippen molar-refractivity contribution in [3.8, 4) is 11.1 Å². The van der Waals surface area contributed by atoms with Crippen LogP contribution >= 0.6 is 0 Å². The Hall–Kier alpha value is -3.58. The maximum Gasteiger partial charge on any atom is 0.227 e. The van der Waals surface area contributed by atoms with Gasteiger partial charge in [0.25, 0.3) is 0 Å². The number of halogens is 1. The summed E-state index contributed by atoms with van der Waals surface area (Å²) in [7, 11) is 0. The minimum atomic E-state index is -0.271. The van der Waals surface area contributed by atoms with Crippen LogP contribution in [-0.2, 0) is 0 Å². The maximum absolute atomic E-state index is 13.7. The van der Waals surface area contributed by atoms with Crippen LogP contribution in [0.3, 0.4) is 0 Å². The van der Waals surface area contributed by atoms with Crippen LogP contribution in [-0.4, -0.2) is 41.1 Å². The third-order valence-corrected chi connectivity index (χ3v) is 5.19. The lowest BCUT2D eigenvalue weighted by molar-refractivity contribution is 0.585. The molecule has 2 N–H and O–H groups in total. The number of anilines is 3. The Labute approximate surface area is 173 Å². The molecule has 3 heterocycles. The first-order valence-electron chi connectivity index (χ1n) is 9.97. The van der Waals surface area contributed by atoms with E-state index in [0.29, 0.717) is 5.95 Å². The molecule has 1 aliphatic rings. The zero-order chi connectivity index (χ0) is 20.3. The minimum Gasteiger partial charge on any atom is -0.354 e. The zero-order valence-electron chi connectivity index (χ0n) is 16.3. The van der Waals surface area contributed by atoms with Crippen LogP contribution in [0.5, 0.6) is 0 Å².